The van der Waals surface area contributed by atoms with Crippen molar-refractivity contribution in [2.24, 2.45) is 5.92 Å². The van der Waals surface area contributed by atoms with Gasteiger partial charge >= 0.3 is 0 Å². The zero-order valence-corrected chi connectivity index (χ0v) is 12.2. The van der Waals surface area contributed by atoms with Gasteiger partial charge in [-0.25, -0.2) is 0 Å². The molecule has 0 N–H and O–H groups in total. The van der Waals surface area contributed by atoms with Gasteiger partial charge in [0.25, 0.3) is 5.91 Å². The van der Waals surface area contributed by atoms with Gasteiger partial charge in [0.1, 0.15) is 11.5 Å². The van der Waals surface area contributed by atoms with Crippen molar-refractivity contribution in [2.45, 2.75) is 12.8 Å². The number of hydrogen-bond acceptors (Lipinski definition) is 2. The Morgan fingerprint density at radius 1 is 1.10 bits per heavy atom. The molecule has 1 amide bonds. The summed E-state index contributed by atoms with van der Waals surface area (Å²) in [6, 6.07) is 17.0. The first-order chi connectivity index (χ1) is 10.2. The molecule has 0 radical (unpaired) electrons. The van der Waals surface area contributed by atoms with Crippen molar-refractivity contribution in [2.75, 3.05) is 13.6 Å². The number of hydrogen-bond donors (Lipinski definition) is 0. The number of carbonyl (C=O) groups excluding carboxylic acids is 1. The van der Waals surface area contributed by atoms with Crippen molar-refractivity contribution in [1.29, 1.82) is 0 Å². The predicted octanol–water partition coefficient (Wildman–Crippen LogP) is 3.96. The lowest BCUT2D eigenvalue weighted by Crippen LogP contribution is -2.28. The van der Waals surface area contributed by atoms with Gasteiger partial charge in [0, 0.05) is 19.2 Å². The fraction of sp³-hybridized carbons (Fsp3) is 0.278. The lowest BCUT2D eigenvalue weighted by Gasteiger charge is -2.17. The van der Waals surface area contributed by atoms with E-state index in [0.717, 1.165) is 12.3 Å². The van der Waals surface area contributed by atoms with E-state index in [-0.39, 0.29) is 5.91 Å². The number of nitrogens with zero attached hydrogens (tertiary/aromatic N) is 1. The molecule has 0 atom stereocenters. The first-order valence-electron chi connectivity index (χ1n) is 7.31. The summed E-state index contributed by atoms with van der Waals surface area (Å²) in [7, 11) is 1.87. The molecule has 2 aromatic carbocycles. The highest BCUT2D eigenvalue weighted by Gasteiger charge is 2.25. The van der Waals surface area contributed by atoms with Crippen molar-refractivity contribution in [3.63, 3.8) is 0 Å². The molecular weight excluding hydrogens is 262 g/mol. The zero-order chi connectivity index (χ0) is 14.7. The summed E-state index contributed by atoms with van der Waals surface area (Å²) < 4.78 is 5.77. The molecule has 0 spiro atoms. The van der Waals surface area contributed by atoms with Gasteiger partial charge in [-0.05, 0) is 49.1 Å². The Morgan fingerprint density at radius 3 is 2.52 bits per heavy atom. The topological polar surface area (TPSA) is 29.5 Å². The van der Waals surface area contributed by atoms with E-state index in [2.05, 4.69) is 0 Å². The van der Waals surface area contributed by atoms with Crippen LogP contribution in [0.15, 0.2) is 54.6 Å². The minimum Gasteiger partial charge on any atom is -0.457 e. The molecule has 0 bridgehead atoms. The third-order valence-electron chi connectivity index (χ3n) is 3.64. The van der Waals surface area contributed by atoms with Gasteiger partial charge < -0.3 is 9.64 Å². The Kier molecular flexibility index (Phi) is 3.91. The van der Waals surface area contributed by atoms with Crippen LogP contribution in [-0.4, -0.2) is 24.4 Å². The van der Waals surface area contributed by atoms with Gasteiger partial charge in [-0.2, -0.15) is 0 Å². The minimum atomic E-state index is 0.0559. The Morgan fingerprint density at radius 2 is 1.81 bits per heavy atom. The summed E-state index contributed by atoms with van der Waals surface area (Å²) in [5, 5.41) is 0. The third kappa shape index (κ3) is 3.63. The number of rotatable bonds is 5. The molecule has 21 heavy (non-hydrogen) atoms. The summed E-state index contributed by atoms with van der Waals surface area (Å²) in [5.74, 6) is 2.21. The minimum absolute atomic E-state index is 0.0559. The molecule has 0 heterocycles. The summed E-state index contributed by atoms with van der Waals surface area (Å²) >= 11 is 0. The van der Waals surface area contributed by atoms with Crippen molar-refractivity contribution in [3.8, 4) is 11.5 Å². The van der Waals surface area contributed by atoms with Crippen LogP contribution in [0.4, 0.5) is 0 Å². The summed E-state index contributed by atoms with van der Waals surface area (Å²) in [4.78, 5) is 14.2. The molecule has 1 aliphatic rings. The number of para-hydroxylation sites is 1. The standard InChI is InChI=1S/C18H19NO2/c1-19(13-14-10-11-14)18(20)15-6-5-9-17(12-15)21-16-7-3-2-4-8-16/h2-9,12,14H,10-11,13H2,1H3. The van der Waals surface area contributed by atoms with Crippen LogP contribution in [0.1, 0.15) is 23.2 Å². The van der Waals surface area contributed by atoms with E-state index >= 15 is 0 Å². The molecule has 0 aliphatic heterocycles. The smallest absolute Gasteiger partial charge is 0.253 e. The molecule has 0 unspecified atom stereocenters. The number of amides is 1. The van der Waals surface area contributed by atoms with Crippen LogP contribution >= 0.6 is 0 Å². The van der Waals surface area contributed by atoms with Crippen molar-refractivity contribution in [3.05, 3.63) is 60.2 Å². The van der Waals surface area contributed by atoms with E-state index in [9.17, 15) is 4.79 Å². The second-order valence-corrected chi connectivity index (χ2v) is 5.57. The lowest BCUT2D eigenvalue weighted by atomic mass is 10.2. The Balaban J connectivity index is 1.71. The summed E-state index contributed by atoms with van der Waals surface area (Å²) in [6.45, 7) is 0.850. The maximum atomic E-state index is 12.4. The molecule has 0 aromatic heterocycles. The molecule has 3 nitrogen and oxygen atoms in total. The first-order valence-corrected chi connectivity index (χ1v) is 7.31. The van der Waals surface area contributed by atoms with Gasteiger partial charge in [-0.1, -0.05) is 24.3 Å². The third-order valence-corrected chi connectivity index (χ3v) is 3.64. The number of benzene rings is 2. The largest absolute Gasteiger partial charge is 0.457 e. The highest BCUT2D eigenvalue weighted by Crippen LogP contribution is 2.30. The van der Waals surface area contributed by atoms with E-state index in [4.69, 9.17) is 4.74 Å². The SMILES string of the molecule is CN(CC1CC1)C(=O)c1cccc(Oc2ccccc2)c1. The van der Waals surface area contributed by atoms with Crippen LogP contribution in [0.2, 0.25) is 0 Å². The van der Waals surface area contributed by atoms with Crippen LogP contribution < -0.4 is 4.74 Å². The van der Waals surface area contributed by atoms with Gasteiger partial charge in [-0.3, -0.25) is 4.79 Å². The quantitative estimate of drug-likeness (QED) is 0.830. The number of ether oxygens (including phenoxy) is 1. The van der Waals surface area contributed by atoms with Crippen LogP contribution in [-0.2, 0) is 0 Å². The second kappa shape index (κ2) is 6.00. The number of carbonyl (C=O) groups is 1. The van der Waals surface area contributed by atoms with Gasteiger partial charge in [0.05, 0.1) is 0 Å². The fourth-order valence-electron chi connectivity index (χ4n) is 2.31. The Bertz CT molecular complexity index is 620. The van der Waals surface area contributed by atoms with E-state index in [0.29, 0.717) is 17.2 Å². The van der Waals surface area contributed by atoms with Gasteiger partial charge in [-0.15, -0.1) is 0 Å². The Labute approximate surface area is 125 Å². The van der Waals surface area contributed by atoms with Crippen LogP contribution in [0.25, 0.3) is 0 Å². The molecule has 1 fully saturated rings. The molecule has 3 rings (SSSR count). The average Bonchev–Trinajstić information content (AvgIpc) is 3.32. The molecule has 1 aliphatic carbocycles. The van der Waals surface area contributed by atoms with Crippen molar-refractivity contribution < 1.29 is 9.53 Å². The monoisotopic (exact) mass is 281 g/mol. The molecule has 1 saturated carbocycles. The van der Waals surface area contributed by atoms with E-state index in [1.54, 1.807) is 11.0 Å². The van der Waals surface area contributed by atoms with Gasteiger partial charge in [0.15, 0.2) is 0 Å². The molecular formula is C18H19NO2. The van der Waals surface area contributed by atoms with Crippen LogP contribution in [0.5, 0.6) is 11.5 Å². The van der Waals surface area contributed by atoms with E-state index < -0.39 is 0 Å². The van der Waals surface area contributed by atoms with E-state index in [1.165, 1.54) is 12.8 Å². The van der Waals surface area contributed by atoms with Crippen LogP contribution in [0.3, 0.4) is 0 Å². The highest BCUT2D eigenvalue weighted by atomic mass is 16.5. The summed E-state index contributed by atoms with van der Waals surface area (Å²) in [6.07, 6.45) is 2.49. The van der Waals surface area contributed by atoms with Crippen molar-refractivity contribution >= 4 is 5.91 Å². The first kappa shape index (κ1) is 13.7. The molecule has 108 valence electrons. The Hall–Kier alpha value is -2.29. The normalized spacial score (nSPS) is 13.8. The molecule has 0 saturated heterocycles. The van der Waals surface area contributed by atoms with Gasteiger partial charge in [0.2, 0.25) is 0 Å². The average molecular weight is 281 g/mol. The summed E-state index contributed by atoms with van der Waals surface area (Å²) in [5.41, 5.74) is 0.673. The molecule has 2 aromatic rings. The predicted molar refractivity (Wildman–Crippen MR) is 82.6 cm³/mol. The van der Waals surface area contributed by atoms with Crippen LogP contribution in [0, 0.1) is 5.92 Å². The van der Waals surface area contributed by atoms with Crippen molar-refractivity contribution in [1.82, 2.24) is 4.90 Å². The zero-order valence-electron chi connectivity index (χ0n) is 12.2. The fourth-order valence-corrected chi connectivity index (χ4v) is 2.31. The lowest BCUT2D eigenvalue weighted by molar-refractivity contribution is 0.0788. The molecule has 3 heteroatoms. The second-order valence-electron chi connectivity index (χ2n) is 5.57. The van der Waals surface area contributed by atoms with E-state index in [1.807, 2.05) is 55.6 Å². The maximum absolute atomic E-state index is 12.4. The maximum Gasteiger partial charge on any atom is 0.253 e. The highest BCUT2D eigenvalue weighted by molar-refractivity contribution is 5.94.